The Morgan fingerprint density at radius 2 is 0.900 bits per heavy atom. The molecule has 0 unspecified atom stereocenters. The predicted molar refractivity (Wildman–Crippen MR) is 75.1 cm³/mol. The van der Waals surface area contributed by atoms with Crippen molar-refractivity contribution in [2.24, 2.45) is 0 Å². The molecule has 0 spiro atoms. The zero-order valence-electron chi connectivity index (χ0n) is 11.9. The van der Waals surface area contributed by atoms with Gasteiger partial charge < -0.3 is 0 Å². The Morgan fingerprint density at radius 3 is 1.25 bits per heavy atom. The van der Waals surface area contributed by atoms with Crippen molar-refractivity contribution in [3.8, 4) is 0 Å². The van der Waals surface area contributed by atoms with E-state index in [0.29, 0.717) is 22.3 Å². The molecule has 104 valence electrons. The largest absolute Gasteiger partial charge is 0.290 e. The van der Waals surface area contributed by atoms with Crippen LogP contribution >= 0.6 is 0 Å². The van der Waals surface area contributed by atoms with E-state index in [0.717, 1.165) is 0 Å². The molecule has 0 fully saturated rings. The lowest BCUT2D eigenvalue weighted by atomic mass is 9.99. The van der Waals surface area contributed by atoms with Crippen LogP contribution in [0.4, 0.5) is 0 Å². The maximum atomic E-state index is 11.0. The van der Waals surface area contributed by atoms with Crippen LogP contribution in [0.25, 0.3) is 0 Å². The van der Waals surface area contributed by atoms with E-state index in [1.807, 2.05) is 0 Å². The third-order valence-corrected chi connectivity index (χ3v) is 2.91. The minimum absolute atomic E-state index is 0.0281. The molecule has 0 saturated carbocycles. The number of carbonyl (C=O) groups is 4. The average molecular weight is 272 g/mol. The Balaban J connectivity index is 0.000000200. The van der Waals surface area contributed by atoms with Gasteiger partial charge in [0, 0.05) is 22.3 Å². The number of ketones is 4. The molecule has 20 heavy (non-hydrogen) atoms. The minimum Gasteiger partial charge on any atom is -0.290 e. The molecular weight excluding hydrogens is 256 g/mol. The van der Waals surface area contributed by atoms with Crippen molar-refractivity contribution in [3.05, 3.63) is 46.6 Å². The number of Topliss-reactive ketones (excluding diaryl/α,β-unsaturated/α-hetero) is 1. The van der Waals surface area contributed by atoms with Crippen LogP contribution in [-0.2, 0) is 19.2 Å². The summed E-state index contributed by atoms with van der Waals surface area (Å²) in [6.07, 6.45) is 5.46. The van der Waals surface area contributed by atoms with Crippen molar-refractivity contribution in [2.45, 2.75) is 27.7 Å². The van der Waals surface area contributed by atoms with Crippen molar-refractivity contribution in [1.29, 1.82) is 0 Å². The normalized spacial score (nSPS) is 18.6. The molecular formula is C16H16O4. The summed E-state index contributed by atoms with van der Waals surface area (Å²) in [6.45, 7) is 6.58. The fourth-order valence-corrected chi connectivity index (χ4v) is 1.67. The molecule has 0 saturated heterocycles. The second-order valence-corrected chi connectivity index (χ2v) is 4.77. The maximum Gasteiger partial charge on any atom is 0.184 e. The molecule has 0 N–H and O–H groups in total. The molecule has 0 aromatic carbocycles. The van der Waals surface area contributed by atoms with E-state index < -0.39 is 0 Å². The lowest BCUT2D eigenvalue weighted by molar-refractivity contribution is -0.115. The minimum atomic E-state index is -0.0883. The molecule has 0 aromatic rings. The van der Waals surface area contributed by atoms with Crippen LogP contribution in [0.1, 0.15) is 27.7 Å². The van der Waals surface area contributed by atoms with Gasteiger partial charge in [-0.3, -0.25) is 19.2 Å². The highest BCUT2D eigenvalue weighted by molar-refractivity contribution is 6.20. The van der Waals surface area contributed by atoms with E-state index in [1.54, 1.807) is 27.7 Å². The van der Waals surface area contributed by atoms with Gasteiger partial charge in [0.05, 0.1) is 0 Å². The second-order valence-electron chi connectivity index (χ2n) is 4.77. The number of hydrogen-bond acceptors (Lipinski definition) is 4. The van der Waals surface area contributed by atoms with Crippen LogP contribution < -0.4 is 0 Å². The molecule has 4 heteroatoms. The lowest BCUT2D eigenvalue weighted by Crippen LogP contribution is -2.09. The summed E-state index contributed by atoms with van der Waals surface area (Å²) in [5, 5.41) is 0. The molecule has 2 rings (SSSR count). The molecule has 0 bridgehead atoms. The summed E-state index contributed by atoms with van der Waals surface area (Å²) in [5.41, 5.74) is 2.11. The molecule has 2 aliphatic rings. The fourth-order valence-electron chi connectivity index (χ4n) is 1.67. The van der Waals surface area contributed by atoms with Crippen LogP contribution in [0.3, 0.4) is 0 Å². The van der Waals surface area contributed by atoms with Gasteiger partial charge in [-0.25, -0.2) is 0 Å². The first-order chi connectivity index (χ1) is 9.22. The molecule has 0 aliphatic heterocycles. The molecule has 0 heterocycles. The number of rotatable bonds is 0. The smallest absolute Gasteiger partial charge is 0.184 e. The van der Waals surface area contributed by atoms with Gasteiger partial charge in [0.1, 0.15) is 0 Å². The monoisotopic (exact) mass is 272 g/mol. The van der Waals surface area contributed by atoms with E-state index in [1.165, 1.54) is 24.3 Å². The van der Waals surface area contributed by atoms with Gasteiger partial charge in [-0.05, 0) is 52.0 Å². The van der Waals surface area contributed by atoms with Gasteiger partial charge >= 0.3 is 0 Å². The highest BCUT2D eigenvalue weighted by Crippen LogP contribution is 2.10. The Morgan fingerprint density at radius 1 is 0.550 bits per heavy atom. The van der Waals surface area contributed by atoms with E-state index in [2.05, 4.69) is 0 Å². The summed E-state index contributed by atoms with van der Waals surface area (Å²) < 4.78 is 0. The van der Waals surface area contributed by atoms with Gasteiger partial charge in [0.2, 0.25) is 0 Å². The summed E-state index contributed by atoms with van der Waals surface area (Å²) in [4.78, 5) is 43.4. The zero-order chi connectivity index (χ0) is 15.4. The molecule has 0 amide bonds. The number of allylic oxidation sites excluding steroid dienone is 8. The Kier molecular flexibility index (Phi) is 4.86. The van der Waals surface area contributed by atoms with E-state index in [4.69, 9.17) is 0 Å². The zero-order valence-corrected chi connectivity index (χ0v) is 11.9. The first-order valence-corrected chi connectivity index (χ1v) is 6.13. The fraction of sp³-hybridized carbons (Fsp3) is 0.250. The van der Waals surface area contributed by atoms with Gasteiger partial charge in [-0.1, -0.05) is 0 Å². The van der Waals surface area contributed by atoms with Crippen molar-refractivity contribution < 1.29 is 19.2 Å². The molecule has 0 atom stereocenters. The standard InChI is InChI=1S/2C8H8O2/c1-5-3-8(10)6(2)4-7(5)9;1-5-3-7(9)4-6(2)8(5)10/h2*3-4H,1-2H3. The second kappa shape index (κ2) is 6.19. The third kappa shape index (κ3) is 3.82. The van der Waals surface area contributed by atoms with E-state index in [-0.39, 0.29) is 23.1 Å². The van der Waals surface area contributed by atoms with Gasteiger partial charge in [-0.2, -0.15) is 0 Å². The average Bonchev–Trinajstić information content (AvgIpc) is 2.34. The Labute approximate surface area is 117 Å². The van der Waals surface area contributed by atoms with Crippen LogP contribution in [0.5, 0.6) is 0 Å². The Bertz CT molecular complexity index is 573. The van der Waals surface area contributed by atoms with E-state index in [9.17, 15) is 19.2 Å². The first-order valence-electron chi connectivity index (χ1n) is 6.13. The predicted octanol–water partition coefficient (Wildman–Crippen LogP) is 2.06. The third-order valence-electron chi connectivity index (χ3n) is 2.91. The highest BCUT2D eigenvalue weighted by Gasteiger charge is 2.14. The van der Waals surface area contributed by atoms with Gasteiger partial charge in [-0.15, -0.1) is 0 Å². The summed E-state index contributed by atoms with van der Waals surface area (Å²) >= 11 is 0. The molecule has 2 aliphatic carbocycles. The quantitative estimate of drug-likeness (QED) is 0.633. The van der Waals surface area contributed by atoms with Crippen molar-refractivity contribution in [3.63, 3.8) is 0 Å². The maximum absolute atomic E-state index is 11.0. The van der Waals surface area contributed by atoms with Crippen molar-refractivity contribution in [2.75, 3.05) is 0 Å². The number of hydrogen-bond donors (Lipinski definition) is 0. The summed E-state index contributed by atoms with van der Waals surface area (Å²) in [5.74, 6) is -0.233. The van der Waals surface area contributed by atoms with Crippen LogP contribution in [-0.4, -0.2) is 23.1 Å². The number of carbonyl (C=O) groups excluding carboxylic acids is 4. The van der Waals surface area contributed by atoms with Crippen LogP contribution in [0, 0.1) is 0 Å². The van der Waals surface area contributed by atoms with Crippen LogP contribution in [0.2, 0.25) is 0 Å². The topological polar surface area (TPSA) is 68.3 Å². The van der Waals surface area contributed by atoms with Crippen LogP contribution in [0.15, 0.2) is 46.6 Å². The lowest BCUT2D eigenvalue weighted by Gasteiger charge is -2.04. The van der Waals surface area contributed by atoms with Gasteiger partial charge in [0.25, 0.3) is 0 Å². The SMILES string of the molecule is CC1=CC(=O)C(C)=CC1=O.CC1=CC(=O)C=C(C)C1=O. The van der Waals surface area contributed by atoms with E-state index >= 15 is 0 Å². The molecule has 0 aromatic heterocycles. The Hall–Kier alpha value is -2.36. The first kappa shape index (κ1) is 15.7. The highest BCUT2D eigenvalue weighted by atomic mass is 16.1. The summed E-state index contributed by atoms with van der Waals surface area (Å²) in [6, 6.07) is 0. The molecule has 0 radical (unpaired) electrons. The van der Waals surface area contributed by atoms with Crippen molar-refractivity contribution >= 4 is 23.1 Å². The van der Waals surface area contributed by atoms with Crippen molar-refractivity contribution in [1.82, 2.24) is 0 Å². The van der Waals surface area contributed by atoms with Gasteiger partial charge in [0.15, 0.2) is 23.1 Å². The molecule has 4 nitrogen and oxygen atoms in total. The summed E-state index contributed by atoms with van der Waals surface area (Å²) in [7, 11) is 0.